The average Bonchev–Trinajstić information content (AvgIpc) is 3.46. The largest absolute Gasteiger partial charge is 0.378 e. The maximum atomic E-state index is 10.9. The van der Waals surface area contributed by atoms with Crippen molar-refractivity contribution < 1.29 is 23.7 Å². The van der Waals surface area contributed by atoms with Crippen molar-refractivity contribution in [3.63, 3.8) is 0 Å². The van der Waals surface area contributed by atoms with Crippen molar-refractivity contribution in [2.45, 2.75) is 40.5 Å². The molecule has 1 fully saturated rings. The van der Waals surface area contributed by atoms with Gasteiger partial charge in [0.2, 0.25) is 0 Å². The number of aryl methyl sites for hydroxylation is 2. The number of ether oxygens (including phenoxy) is 4. The van der Waals surface area contributed by atoms with E-state index in [0.29, 0.717) is 65.1 Å². The van der Waals surface area contributed by atoms with E-state index in [0.717, 1.165) is 56.9 Å². The molecule has 3 aromatic rings. The number of aldehydes is 1. The van der Waals surface area contributed by atoms with E-state index in [1.54, 1.807) is 6.07 Å². The molecule has 2 aromatic heterocycles. The molecule has 43 heavy (non-hydrogen) atoms. The summed E-state index contributed by atoms with van der Waals surface area (Å²) in [5, 5.41) is 8.44. The van der Waals surface area contributed by atoms with Crippen molar-refractivity contribution in [3.05, 3.63) is 75.9 Å². The third-order valence-corrected chi connectivity index (χ3v) is 7.63. The van der Waals surface area contributed by atoms with E-state index in [9.17, 15) is 4.79 Å². The van der Waals surface area contributed by atoms with Crippen LogP contribution in [0, 0.1) is 20.8 Å². The minimum Gasteiger partial charge on any atom is -0.378 e. The third kappa shape index (κ3) is 11.5. The highest BCUT2D eigenvalue weighted by Crippen LogP contribution is 2.16. The number of aromatic nitrogens is 4. The Balaban J connectivity index is 0.930. The molecule has 0 atom stereocenters. The van der Waals surface area contributed by atoms with Gasteiger partial charge in [-0.15, -0.1) is 5.10 Å². The summed E-state index contributed by atoms with van der Waals surface area (Å²) in [6.45, 7) is 17.1. The second-order valence-corrected chi connectivity index (χ2v) is 10.9. The number of piperazine rings is 1. The van der Waals surface area contributed by atoms with Crippen LogP contribution >= 0.6 is 0 Å². The molecular formula is C32H46N6O5. The van der Waals surface area contributed by atoms with E-state index in [-0.39, 0.29) is 0 Å². The molecule has 1 aliphatic heterocycles. The van der Waals surface area contributed by atoms with Gasteiger partial charge in [0, 0.05) is 39.3 Å². The van der Waals surface area contributed by atoms with Gasteiger partial charge in [-0.2, -0.15) is 0 Å². The average molecular weight is 595 g/mol. The first-order chi connectivity index (χ1) is 21.0. The van der Waals surface area contributed by atoms with Crippen molar-refractivity contribution in [2.24, 2.45) is 0 Å². The molecule has 0 radical (unpaired) electrons. The summed E-state index contributed by atoms with van der Waals surface area (Å²) in [5.74, 6) is 0. The second-order valence-electron chi connectivity index (χ2n) is 10.9. The zero-order chi connectivity index (χ0) is 30.3. The van der Waals surface area contributed by atoms with Gasteiger partial charge in [0.15, 0.2) is 6.29 Å². The summed E-state index contributed by atoms with van der Waals surface area (Å²) in [6.07, 6.45) is 2.73. The number of benzene rings is 1. The smallest absolute Gasteiger partial charge is 0.168 e. The van der Waals surface area contributed by atoms with Crippen LogP contribution in [0.15, 0.2) is 36.5 Å². The van der Waals surface area contributed by atoms with E-state index in [2.05, 4.69) is 58.0 Å². The number of rotatable bonds is 19. The van der Waals surface area contributed by atoms with Crippen LogP contribution in [0.5, 0.6) is 0 Å². The first-order valence-corrected chi connectivity index (χ1v) is 15.1. The maximum absolute atomic E-state index is 10.9. The summed E-state index contributed by atoms with van der Waals surface area (Å²) < 4.78 is 24.5. The number of pyridine rings is 1. The molecule has 1 aliphatic rings. The molecule has 1 saturated heterocycles. The van der Waals surface area contributed by atoms with Crippen molar-refractivity contribution >= 4 is 6.29 Å². The number of carbonyl (C=O) groups is 1. The Bertz CT molecular complexity index is 1240. The van der Waals surface area contributed by atoms with Gasteiger partial charge in [-0.05, 0) is 55.2 Å². The van der Waals surface area contributed by atoms with Crippen LogP contribution in [0.4, 0.5) is 0 Å². The molecule has 0 spiro atoms. The van der Waals surface area contributed by atoms with Crippen LogP contribution in [-0.2, 0) is 38.6 Å². The zero-order valence-electron chi connectivity index (χ0n) is 25.9. The van der Waals surface area contributed by atoms with Gasteiger partial charge in [0.1, 0.15) is 11.4 Å². The normalized spacial score (nSPS) is 14.4. The third-order valence-electron chi connectivity index (χ3n) is 7.63. The lowest BCUT2D eigenvalue weighted by molar-refractivity contribution is -0.00747. The first kappa shape index (κ1) is 32.8. The lowest BCUT2D eigenvalue weighted by Gasteiger charge is -2.34. The Kier molecular flexibility index (Phi) is 13.7. The zero-order valence-corrected chi connectivity index (χ0v) is 25.9. The molecule has 0 bridgehead atoms. The number of carbonyl (C=O) groups excluding carboxylic acids is 1. The van der Waals surface area contributed by atoms with Gasteiger partial charge in [-0.3, -0.25) is 14.6 Å². The van der Waals surface area contributed by atoms with Gasteiger partial charge < -0.3 is 18.9 Å². The van der Waals surface area contributed by atoms with Crippen molar-refractivity contribution in [2.75, 3.05) is 79.0 Å². The predicted octanol–water partition coefficient (Wildman–Crippen LogP) is 2.84. The molecule has 11 heteroatoms. The quantitative estimate of drug-likeness (QED) is 0.152. The Hall–Kier alpha value is -3.06. The molecule has 1 aromatic carbocycles. The molecule has 11 nitrogen and oxygen atoms in total. The van der Waals surface area contributed by atoms with Crippen LogP contribution in [0.3, 0.4) is 0 Å². The molecular weight excluding hydrogens is 548 g/mol. The fourth-order valence-electron chi connectivity index (χ4n) is 4.97. The Morgan fingerprint density at radius 2 is 1.40 bits per heavy atom. The van der Waals surface area contributed by atoms with Gasteiger partial charge in [-0.25, -0.2) is 9.67 Å². The van der Waals surface area contributed by atoms with Crippen LogP contribution in [0.25, 0.3) is 0 Å². The maximum Gasteiger partial charge on any atom is 0.168 e. The van der Waals surface area contributed by atoms with Crippen molar-refractivity contribution in [1.82, 2.24) is 29.8 Å². The molecule has 0 saturated carbocycles. The molecule has 234 valence electrons. The summed E-state index contributed by atoms with van der Waals surface area (Å²) >= 11 is 0. The lowest BCUT2D eigenvalue weighted by atomic mass is 10.0. The van der Waals surface area contributed by atoms with Gasteiger partial charge in [0.05, 0.1) is 71.3 Å². The number of hydrogen-bond acceptors (Lipinski definition) is 10. The minimum absolute atomic E-state index is 0.410. The predicted molar refractivity (Wildman–Crippen MR) is 163 cm³/mol. The van der Waals surface area contributed by atoms with E-state index >= 15 is 0 Å². The molecule has 0 aliphatic carbocycles. The fraction of sp³-hybridized carbons (Fsp3) is 0.562. The summed E-state index contributed by atoms with van der Waals surface area (Å²) in [7, 11) is 0. The Morgan fingerprint density at radius 3 is 2.07 bits per heavy atom. The van der Waals surface area contributed by atoms with Crippen molar-refractivity contribution in [3.8, 4) is 0 Å². The van der Waals surface area contributed by atoms with E-state index < -0.39 is 0 Å². The highest BCUT2D eigenvalue weighted by atomic mass is 16.6. The van der Waals surface area contributed by atoms with E-state index in [1.165, 1.54) is 22.3 Å². The summed E-state index contributed by atoms with van der Waals surface area (Å²) in [6, 6.07) is 10.0. The molecule has 3 heterocycles. The van der Waals surface area contributed by atoms with Gasteiger partial charge in [-0.1, -0.05) is 23.4 Å². The van der Waals surface area contributed by atoms with Crippen LogP contribution in [0.2, 0.25) is 0 Å². The molecule has 0 unspecified atom stereocenters. The molecule has 0 N–H and O–H groups in total. The first-order valence-electron chi connectivity index (χ1n) is 15.1. The fourth-order valence-corrected chi connectivity index (χ4v) is 4.97. The van der Waals surface area contributed by atoms with Crippen molar-refractivity contribution in [1.29, 1.82) is 0 Å². The minimum atomic E-state index is 0.410. The van der Waals surface area contributed by atoms with Gasteiger partial charge in [0.25, 0.3) is 0 Å². The lowest BCUT2D eigenvalue weighted by Crippen LogP contribution is -2.46. The number of hydrogen-bond donors (Lipinski definition) is 0. The van der Waals surface area contributed by atoms with Crippen LogP contribution in [0.1, 0.15) is 44.1 Å². The van der Waals surface area contributed by atoms with E-state index in [4.69, 9.17) is 18.9 Å². The molecule has 4 rings (SSSR count). The van der Waals surface area contributed by atoms with Crippen LogP contribution in [-0.4, -0.2) is 115 Å². The summed E-state index contributed by atoms with van der Waals surface area (Å²) in [4.78, 5) is 20.1. The number of nitrogens with zero attached hydrogens (tertiary/aromatic N) is 6. The highest BCUT2D eigenvalue weighted by molar-refractivity contribution is 5.71. The highest BCUT2D eigenvalue weighted by Gasteiger charge is 2.17. The second kappa shape index (κ2) is 17.9. The molecule has 0 amide bonds. The monoisotopic (exact) mass is 594 g/mol. The Labute approximate surface area is 255 Å². The SMILES string of the molecule is Cc1cc(Cn2cc(COCCOCCOCCOCCN3CCN(Cc4cccc(C=O)n4)CC3)nn2)cc(C)c1C. The standard InChI is InChI=1S/C32H46N6O5/c1-26-19-29(20-27(2)28(26)3)21-38-23-32(34-35-38)25-43-18-17-42-16-15-41-14-13-40-12-11-36-7-9-37(10-8-36)22-30-5-4-6-31(24-39)33-30/h4-6,19-20,23-24H,7-18,21-22,25H2,1-3H3. The summed E-state index contributed by atoms with van der Waals surface area (Å²) in [5.41, 5.74) is 7.39. The van der Waals surface area contributed by atoms with Crippen LogP contribution < -0.4 is 0 Å². The topological polar surface area (TPSA) is 104 Å². The van der Waals surface area contributed by atoms with Gasteiger partial charge >= 0.3 is 0 Å². The Morgan fingerprint density at radius 1 is 0.767 bits per heavy atom. The van der Waals surface area contributed by atoms with E-state index in [1.807, 2.05) is 23.0 Å².